The number of H-pyrrole nitrogens is 1. The summed E-state index contributed by atoms with van der Waals surface area (Å²) in [6, 6.07) is 5.21. The number of hydrogen-bond acceptors (Lipinski definition) is 2. The Hall–Kier alpha value is -2.89. The van der Waals surface area contributed by atoms with Crippen LogP contribution >= 0.6 is 23.2 Å². The van der Waals surface area contributed by atoms with Crippen LogP contribution in [0.25, 0.3) is 16.6 Å². The molecule has 7 heteroatoms. The quantitative estimate of drug-likeness (QED) is 0.294. The summed E-state index contributed by atoms with van der Waals surface area (Å²) in [6.07, 6.45) is 12.6. The van der Waals surface area contributed by atoms with E-state index >= 15 is 0 Å². The molecular weight excluding hydrogens is 472 g/mol. The first-order valence-corrected chi connectivity index (χ1v) is 12.1. The summed E-state index contributed by atoms with van der Waals surface area (Å²) < 4.78 is 12.9. The van der Waals surface area contributed by atoms with Crippen molar-refractivity contribution < 1.29 is 9.18 Å². The smallest absolute Gasteiger partial charge is 0.251 e. The minimum absolute atomic E-state index is 0.207. The van der Waals surface area contributed by atoms with Gasteiger partial charge in [0.25, 0.3) is 5.91 Å². The second kappa shape index (κ2) is 15.9. The largest absolute Gasteiger partial charge is 0.352 e. The number of carbonyl (C=O) groups is 1. The van der Waals surface area contributed by atoms with Crippen molar-refractivity contribution in [1.82, 2.24) is 15.3 Å². The Balaban J connectivity index is 0.00000137. The van der Waals surface area contributed by atoms with E-state index in [0.717, 1.165) is 6.08 Å². The van der Waals surface area contributed by atoms with Crippen molar-refractivity contribution in [2.45, 2.75) is 40.5 Å². The van der Waals surface area contributed by atoms with Gasteiger partial charge in [0.15, 0.2) is 0 Å². The predicted molar refractivity (Wildman–Crippen MR) is 145 cm³/mol. The zero-order valence-electron chi connectivity index (χ0n) is 20.1. The lowest BCUT2D eigenvalue weighted by atomic mass is 10.2. The van der Waals surface area contributed by atoms with Gasteiger partial charge in [-0.1, -0.05) is 81.8 Å². The molecule has 0 aliphatic heterocycles. The Morgan fingerprint density at radius 1 is 1.26 bits per heavy atom. The van der Waals surface area contributed by atoms with Crippen molar-refractivity contribution in [3.8, 4) is 0 Å². The van der Waals surface area contributed by atoms with Gasteiger partial charge in [0.2, 0.25) is 0 Å². The van der Waals surface area contributed by atoms with Gasteiger partial charge in [-0.2, -0.15) is 0 Å². The third kappa shape index (κ3) is 8.47. The first-order chi connectivity index (χ1) is 16.5. The molecule has 1 aliphatic rings. The van der Waals surface area contributed by atoms with Crippen molar-refractivity contribution in [3.63, 3.8) is 0 Å². The van der Waals surface area contributed by atoms with Crippen LogP contribution in [0.3, 0.4) is 0 Å². The summed E-state index contributed by atoms with van der Waals surface area (Å²) in [6.45, 7) is 11.8. The van der Waals surface area contributed by atoms with Crippen LogP contribution in [-0.4, -0.2) is 22.4 Å². The molecule has 0 atom stereocenters. The van der Waals surface area contributed by atoms with Crippen LogP contribution < -0.4 is 5.32 Å². The SMILES string of the molecule is C=C/C(F)=C\C=C\CCNC(=O)c1ccc2nc(C3=C(Cl)C=CCC=C3Cl)[nH]c2c1.CC.CC. The topological polar surface area (TPSA) is 57.8 Å². The summed E-state index contributed by atoms with van der Waals surface area (Å²) in [5.41, 5.74) is 2.54. The molecule has 1 heterocycles. The van der Waals surface area contributed by atoms with E-state index in [1.165, 1.54) is 6.08 Å². The molecule has 0 unspecified atom stereocenters. The third-order valence-electron chi connectivity index (χ3n) is 4.34. The number of aromatic amines is 1. The normalized spacial score (nSPS) is 13.5. The fraction of sp³-hybridized carbons (Fsp3) is 0.259. The number of imidazole rings is 1. The first-order valence-electron chi connectivity index (χ1n) is 11.3. The zero-order chi connectivity index (χ0) is 25.5. The van der Waals surface area contributed by atoms with Gasteiger partial charge in [-0.3, -0.25) is 4.79 Å². The molecule has 0 saturated carbocycles. The molecule has 4 nitrogen and oxygen atoms in total. The Bertz CT molecular complexity index is 1120. The van der Waals surface area contributed by atoms with Gasteiger partial charge in [0.05, 0.1) is 21.6 Å². The third-order valence-corrected chi connectivity index (χ3v) is 5.00. The number of nitrogens with one attached hydrogen (secondary N) is 2. The number of aromatic nitrogens is 2. The number of amides is 1. The average molecular weight is 504 g/mol. The van der Waals surface area contributed by atoms with E-state index in [1.54, 1.807) is 36.4 Å². The van der Waals surface area contributed by atoms with Gasteiger partial charge in [0, 0.05) is 17.1 Å². The van der Waals surface area contributed by atoms with E-state index in [2.05, 4.69) is 21.9 Å². The maximum Gasteiger partial charge on any atom is 0.251 e. The average Bonchev–Trinajstić information content (AvgIpc) is 3.20. The molecule has 1 aromatic heterocycles. The number of fused-ring (bicyclic) bond motifs is 1. The van der Waals surface area contributed by atoms with Crippen molar-refractivity contribution in [2.24, 2.45) is 0 Å². The zero-order valence-corrected chi connectivity index (χ0v) is 21.6. The summed E-state index contributed by atoms with van der Waals surface area (Å²) in [5, 5.41) is 3.86. The number of carbonyl (C=O) groups excluding carboxylic acids is 1. The van der Waals surface area contributed by atoms with Crippen molar-refractivity contribution in [1.29, 1.82) is 0 Å². The lowest BCUT2D eigenvalue weighted by Crippen LogP contribution is -2.24. The molecule has 0 fully saturated rings. The molecule has 34 heavy (non-hydrogen) atoms. The predicted octanol–water partition coefficient (Wildman–Crippen LogP) is 8.36. The number of hydrogen-bond donors (Lipinski definition) is 2. The highest BCUT2D eigenvalue weighted by molar-refractivity contribution is 6.42. The van der Waals surface area contributed by atoms with E-state index in [-0.39, 0.29) is 5.91 Å². The lowest BCUT2D eigenvalue weighted by Gasteiger charge is -2.03. The number of nitrogens with zero attached hydrogens (tertiary/aromatic N) is 1. The first kappa shape index (κ1) is 29.1. The summed E-state index contributed by atoms with van der Waals surface area (Å²) >= 11 is 12.7. The molecule has 2 N–H and O–H groups in total. The maximum atomic E-state index is 12.9. The molecule has 0 saturated heterocycles. The highest BCUT2D eigenvalue weighted by atomic mass is 35.5. The molecule has 0 bridgehead atoms. The van der Waals surface area contributed by atoms with Gasteiger partial charge < -0.3 is 10.3 Å². The number of benzene rings is 1. The van der Waals surface area contributed by atoms with Crippen LogP contribution in [0.15, 0.2) is 83.2 Å². The van der Waals surface area contributed by atoms with Crippen molar-refractivity contribution in [3.05, 3.63) is 94.6 Å². The van der Waals surface area contributed by atoms with E-state index < -0.39 is 5.83 Å². The standard InChI is InChI=1S/C23H20Cl2FN3O.2C2H6/c1-2-16(26)8-4-3-7-13-27-23(30)15-11-12-19-20(14-15)29-22(28-19)21-17(24)9-5-6-10-18(21)25;2*1-2/h2-5,8-12,14H,1,6-7,13H2,(H,27,30)(H,28,29);2*1-2H3/b4-3+,16-8+;;. The van der Waals surface area contributed by atoms with Crippen molar-refractivity contribution in [2.75, 3.05) is 6.54 Å². The molecule has 3 rings (SSSR count). The molecule has 0 spiro atoms. The summed E-state index contributed by atoms with van der Waals surface area (Å²) in [5.74, 6) is -0.0663. The van der Waals surface area contributed by atoms with E-state index in [9.17, 15) is 9.18 Å². The van der Waals surface area contributed by atoms with E-state index in [1.807, 2.05) is 39.8 Å². The number of halogens is 3. The molecule has 1 aromatic carbocycles. The van der Waals surface area contributed by atoms with E-state index in [4.69, 9.17) is 23.2 Å². The van der Waals surface area contributed by atoms with Gasteiger partial charge in [-0.05, 0) is 49.3 Å². The Morgan fingerprint density at radius 2 is 2.00 bits per heavy atom. The maximum absolute atomic E-state index is 12.9. The summed E-state index contributed by atoms with van der Waals surface area (Å²) in [7, 11) is 0. The lowest BCUT2D eigenvalue weighted by molar-refractivity contribution is 0.0954. The van der Waals surface area contributed by atoms with Crippen LogP contribution in [0.1, 0.15) is 56.7 Å². The van der Waals surface area contributed by atoms with Crippen molar-refractivity contribution >= 4 is 45.7 Å². The van der Waals surface area contributed by atoms with Gasteiger partial charge in [-0.15, -0.1) is 0 Å². The fourth-order valence-electron chi connectivity index (χ4n) is 2.83. The van der Waals surface area contributed by atoms with Crippen LogP contribution in [0, 0.1) is 0 Å². The van der Waals surface area contributed by atoms with Crippen LogP contribution in [0.2, 0.25) is 0 Å². The Kier molecular flexibility index (Phi) is 13.6. The van der Waals surface area contributed by atoms with Gasteiger partial charge in [0.1, 0.15) is 11.7 Å². The molecule has 2 aromatic rings. The van der Waals surface area contributed by atoms with Crippen LogP contribution in [0.4, 0.5) is 4.39 Å². The van der Waals surface area contributed by atoms with Gasteiger partial charge >= 0.3 is 0 Å². The number of rotatable bonds is 7. The van der Waals surface area contributed by atoms with Crippen LogP contribution in [0.5, 0.6) is 0 Å². The molecule has 1 aliphatic carbocycles. The molecule has 1 amide bonds. The monoisotopic (exact) mass is 503 g/mol. The minimum Gasteiger partial charge on any atom is -0.352 e. The number of allylic oxidation sites excluding steroid dienone is 10. The second-order valence-corrected chi connectivity index (χ2v) is 7.27. The second-order valence-electron chi connectivity index (χ2n) is 6.46. The minimum atomic E-state index is -0.406. The van der Waals surface area contributed by atoms with Gasteiger partial charge in [-0.25, -0.2) is 9.37 Å². The molecular formula is C27H32Cl2FN3O. The highest BCUT2D eigenvalue weighted by Gasteiger charge is 2.17. The Morgan fingerprint density at radius 3 is 2.71 bits per heavy atom. The fourth-order valence-corrected chi connectivity index (χ4v) is 3.44. The Labute approximate surface area is 211 Å². The van der Waals surface area contributed by atoms with E-state index in [0.29, 0.717) is 57.4 Å². The summed E-state index contributed by atoms with van der Waals surface area (Å²) in [4.78, 5) is 20.2. The molecule has 182 valence electrons. The molecule has 0 radical (unpaired) electrons. The highest BCUT2D eigenvalue weighted by Crippen LogP contribution is 2.33. The van der Waals surface area contributed by atoms with Crippen LogP contribution in [-0.2, 0) is 0 Å².